The molecule has 20 heavy (non-hydrogen) atoms. The summed E-state index contributed by atoms with van der Waals surface area (Å²) in [7, 11) is 0. The summed E-state index contributed by atoms with van der Waals surface area (Å²) in [6.07, 6.45) is 1.79. The van der Waals surface area contributed by atoms with E-state index in [-0.39, 0.29) is 5.69 Å². The van der Waals surface area contributed by atoms with E-state index in [9.17, 15) is 4.79 Å². The van der Waals surface area contributed by atoms with Crippen molar-refractivity contribution in [2.45, 2.75) is 6.92 Å². The SMILES string of the molecule is Cc1cc(NCCN2CCOCC2)c2n[nH]c(=O)n2c1. The van der Waals surface area contributed by atoms with Gasteiger partial charge in [-0.3, -0.25) is 4.90 Å². The zero-order valence-corrected chi connectivity index (χ0v) is 11.6. The molecule has 1 saturated heterocycles. The van der Waals surface area contributed by atoms with Crippen molar-refractivity contribution in [3.63, 3.8) is 0 Å². The Bertz CT molecular complexity index is 642. The number of aromatic amines is 1. The lowest BCUT2D eigenvalue weighted by atomic mass is 10.3. The lowest BCUT2D eigenvalue weighted by Gasteiger charge is -2.26. The number of H-pyrrole nitrogens is 1. The molecule has 0 aliphatic carbocycles. The summed E-state index contributed by atoms with van der Waals surface area (Å²) in [6.45, 7) is 7.32. The molecule has 1 aliphatic heterocycles. The first kappa shape index (κ1) is 13.1. The number of nitrogens with one attached hydrogen (secondary N) is 2. The Hall–Kier alpha value is -1.86. The van der Waals surface area contributed by atoms with Gasteiger partial charge >= 0.3 is 5.69 Å². The summed E-state index contributed by atoms with van der Waals surface area (Å²) >= 11 is 0. The minimum Gasteiger partial charge on any atom is -0.381 e. The average molecular weight is 277 g/mol. The number of aromatic nitrogens is 3. The predicted octanol–water partition coefficient (Wildman–Crippen LogP) is 0.0751. The standard InChI is InChI=1S/C13H19N5O2/c1-10-8-11(12-15-16-13(19)18(12)9-10)14-2-3-17-4-6-20-7-5-17/h8-9,14H,2-7H2,1H3,(H,16,19). The smallest absolute Gasteiger partial charge is 0.347 e. The summed E-state index contributed by atoms with van der Waals surface area (Å²) in [5.74, 6) is 0. The topological polar surface area (TPSA) is 74.7 Å². The van der Waals surface area contributed by atoms with Crippen LogP contribution in [0, 0.1) is 6.92 Å². The van der Waals surface area contributed by atoms with Crippen LogP contribution in [0.1, 0.15) is 5.56 Å². The van der Waals surface area contributed by atoms with E-state index in [0.717, 1.165) is 50.6 Å². The maximum absolute atomic E-state index is 11.6. The highest BCUT2D eigenvalue weighted by atomic mass is 16.5. The number of pyridine rings is 1. The van der Waals surface area contributed by atoms with Crippen molar-refractivity contribution in [3.05, 3.63) is 28.3 Å². The summed E-state index contributed by atoms with van der Waals surface area (Å²) < 4.78 is 6.86. The Morgan fingerprint density at radius 2 is 2.25 bits per heavy atom. The molecule has 2 N–H and O–H groups in total. The fraction of sp³-hybridized carbons (Fsp3) is 0.538. The minimum atomic E-state index is -0.208. The average Bonchev–Trinajstić information content (AvgIpc) is 2.82. The highest BCUT2D eigenvalue weighted by Gasteiger charge is 2.11. The van der Waals surface area contributed by atoms with Crippen molar-refractivity contribution in [2.75, 3.05) is 44.7 Å². The minimum absolute atomic E-state index is 0.208. The van der Waals surface area contributed by atoms with Crippen molar-refractivity contribution in [1.29, 1.82) is 0 Å². The second-order valence-electron chi connectivity index (χ2n) is 5.03. The van der Waals surface area contributed by atoms with Crippen molar-refractivity contribution in [3.8, 4) is 0 Å². The van der Waals surface area contributed by atoms with Gasteiger partial charge in [-0.2, -0.15) is 5.10 Å². The van der Waals surface area contributed by atoms with Gasteiger partial charge in [0.25, 0.3) is 0 Å². The van der Waals surface area contributed by atoms with Crippen LogP contribution in [0.5, 0.6) is 0 Å². The number of anilines is 1. The molecule has 0 radical (unpaired) electrons. The number of hydrogen-bond acceptors (Lipinski definition) is 5. The van der Waals surface area contributed by atoms with Gasteiger partial charge < -0.3 is 10.1 Å². The monoisotopic (exact) mass is 277 g/mol. The van der Waals surface area contributed by atoms with E-state index in [4.69, 9.17) is 4.74 Å². The fourth-order valence-electron chi connectivity index (χ4n) is 2.45. The number of fused-ring (bicyclic) bond motifs is 1. The van der Waals surface area contributed by atoms with Gasteiger partial charge in [-0.1, -0.05) is 0 Å². The Morgan fingerprint density at radius 3 is 3.05 bits per heavy atom. The second-order valence-corrected chi connectivity index (χ2v) is 5.03. The molecule has 1 fully saturated rings. The Morgan fingerprint density at radius 1 is 1.45 bits per heavy atom. The van der Waals surface area contributed by atoms with Crippen LogP contribution in [0.4, 0.5) is 5.69 Å². The van der Waals surface area contributed by atoms with Crippen LogP contribution < -0.4 is 11.0 Å². The molecule has 0 unspecified atom stereocenters. The molecule has 0 atom stereocenters. The van der Waals surface area contributed by atoms with Gasteiger partial charge in [-0.25, -0.2) is 14.3 Å². The molecule has 2 aromatic rings. The first-order chi connectivity index (χ1) is 9.74. The zero-order valence-electron chi connectivity index (χ0n) is 11.6. The Balaban J connectivity index is 1.69. The third-order valence-corrected chi connectivity index (χ3v) is 3.50. The highest BCUT2D eigenvalue weighted by molar-refractivity contribution is 5.67. The molecule has 7 nitrogen and oxygen atoms in total. The predicted molar refractivity (Wildman–Crippen MR) is 76.3 cm³/mol. The molecule has 7 heteroatoms. The van der Waals surface area contributed by atoms with Gasteiger partial charge in [-0.15, -0.1) is 0 Å². The fourth-order valence-corrected chi connectivity index (χ4v) is 2.45. The molecular weight excluding hydrogens is 258 g/mol. The maximum atomic E-state index is 11.6. The van der Waals surface area contributed by atoms with E-state index in [1.807, 2.05) is 13.0 Å². The summed E-state index contributed by atoms with van der Waals surface area (Å²) in [4.78, 5) is 14.0. The van der Waals surface area contributed by atoms with E-state index in [0.29, 0.717) is 5.65 Å². The van der Waals surface area contributed by atoms with Crippen LogP contribution in [-0.4, -0.2) is 58.9 Å². The lowest BCUT2D eigenvalue weighted by Crippen LogP contribution is -2.39. The van der Waals surface area contributed by atoms with Crippen molar-refractivity contribution in [1.82, 2.24) is 19.5 Å². The third-order valence-electron chi connectivity index (χ3n) is 3.50. The van der Waals surface area contributed by atoms with Gasteiger partial charge in [0.2, 0.25) is 0 Å². The van der Waals surface area contributed by atoms with Gasteiger partial charge in [0.05, 0.1) is 18.9 Å². The van der Waals surface area contributed by atoms with E-state index >= 15 is 0 Å². The third kappa shape index (κ3) is 2.68. The number of aryl methyl sites for hydroxylation is 1. The van der Waals surface area contributed by atoms with Crippen molar-refractivity contribution >= 4 is 11.3 Å². The largest absolute Gasteiger partial charge is 0.381 e. The molecule has 2 aromatic heterocycles. The first-order valence-electron chi connectivity index (χ1n) is 6.85. The van der Waals surface area contributed by atoms with Gasteiger partial charge in [0.1, 0.15) is 0 Å². The van der Waals surface area contributed by atoms with E-state index in [1.54, 1.807) is 6.20 Å². The molecule has 0 amide bonds. The molecule has 0 spiro atoms. The first-order valence-corrected chi connectivity index (χ1v) is 6.85. The highest BCUT2D eigenvalue weighted by Crippen LogP contribution is 2.14. The van der Waals surface area contributed by atoms with Crippen LogP contribution in [0.25, 0.3) is 5.65 Å². The summed E-state index contributed by atoms with van der Waals surface area (Å²) in [5.41, 5.74) is 2.34. The normalized spacial score (nSPS) is 16.6. The van der Waals surface area contributed by atoms with Crippen molar-refractivity contribution < 1.29 is 4.74 Å². The molecule has 108 valence electrons. The molecular formula is C13H19N5O2. The van der Waals surface area contributed by atoms with Crippen molar-refractivity contribution in [2.24, 2.45) is 0 Å². The van der Waals surface area contributed by atoms with Gasteiger partial charge in [0.15, 0.2) is 5.65 Å². The van der Waals surface area contributed by atoms with Crippen LogP contribution in [0.15, 0.2) is 17.1 Å². The molecule has 0 aromatic carbocycles. The second kappa shape index (κ2) is 5.64. The zero-order chi connectivity index (χ0) is 13.9. The lowest BCUT2D eigenvalue weighted by molar-refractivity contribution is 0.0398. The maximum Gasteiger partial charge on any atom is 0.347 e. The van der Waals surface area contributed by atoms with Crippen LogP contribution in [-0.2, 0) is 4.74 Å². The van der Waals surface area contributed by atoms with Crippen LogP contribution in [0.2, 0.25) is 0 Å². The van der Waals surface area contributed by atoms with Crippen LogP contribution >= 0.6 is 0 Å². The number of hydrogen-bond donors (Lipinski definition) is 2. The van der Waals surface area contributed by atoms with E-state index < -0.39 is 0 Å². The van der Waals surface area contributed by atoms with Gasteiger partial charge in [-0.05, 0) is 18.6 Å². The number of rotatable bonds is 4. The quantitative estimate of drug-likeness (QED) is 0.827. The van der Waals surface area contributed by atoms with Gasteiger partial charge in [0, 0.05) is 32.4 Å². The molecule has 1 aliphatic rings. The molecule has 3 heterocycles. The number of ether oxygens (including phenoxy) is 1. The van der Waals surface area contributed by atoms with E-state index in [2.05, 4.69) is 20.4 Å². The Kier molecular flexibility index (Phi) is 3.70. The van der Waals surface area contributed by atoms with E-state index in [1.165, 1.54) is 4.40 Å². The summed E-state index contributed by atoms with van der Waals surface area (Å²) in [5, 5.41) is 9.89. The number of morpholine rings is 1. The Labute approximate surface area is 116 Å². The molecule has 0 bridgehead atoms. The molecule has 3 rings (SSSR count). The van der Waals surface area contributed by atoms with Crippen LogP contribution in [0.3, 0.4) is 0 Å². The number of nitrogens with zero attached hydrogens (tertiary/aromatic N) is 3. The summed E-state index contributed by atoms with van der Waals surface area (Å²) in [6, 6.07) is 2.01. The molecule has 0 saturated carbocycles.